The fourth-order valence-corrected chi connectivity index (χ4v) is 5.29. The third-order valence-electron chi connectivity index (χ3n) is 5.49. The lowest BCUT2D eigenvalue weighted by Gasteiger charge is -2.24. The van der Waals surface area contributed by atoms with E-state index in [1.807, 2.05) is 6.07 Å². The lowest BCUT2D eigenvalue weighted by molar-refractivity contribution is -0.117. The van der Waals surface area contributed by atoms with Crippen molar-refractivity contribution < 1.29 is 23.5 Å². The van der Waals surface area contributed by atoms with Crippen LogP contribution in [0.4, 0.5) is 9.52 Å². The molecule has 2 aromatic carbocycles. The van der Waals surface area contributed by atoms with Gasteiger partial charge < -0.3 is 9.52 Å². The number of amides is 1. The van der Waals surface area contributed by atoms with Crippen LogP contribution in [0.25, 0.3) is 10.2 Å². The molecular formula is C24H16ClFN2O4S. The Morgan fingerprint density at radius 3 is 2.58 bits per heavy atom. The molecule has 1 N–H and O–H groups in total. The van der Waals surface area contributed by atoms with E-state index in [2.05, 4.69) is 4.98 Å². The number of benzene rings is 2. The van der Waals surface area contributed by atoms with Gasteiger partial charge in [0, 0.05) is 0 Å². The van der Waals surface area contributed by atoms with Crippen LogP contribution in [0.15, 0.2) is 64.3 Å². The molecule has 0 spiro atoms. The van der Waals surface area contributed by atoms with Gasteiger partial charge in [0.05, 0.1) is 26.9 Å². The Labute approximate surface area is 196 Å². The monoisotopic (exact) mass is 482 g/mol. The second kappa shape index (κ2) is 7.83. The fourth-order valence-electron chi connectivity index (χ4n) is 4.00. The van der Waals surface area contributed by atoms with Gasteiger partial charge in [-0.2, -0.15) is 0 Å². The van der Waals surface area contributed by atoms with E-state index in [9.17, 15) is 19.1 Å². The van der Waals surface area contributed by atoms with Gasteiger partial charge in [-0.3, -0.25) is 14.5 Å². The summed E-state index contributed by atoms with van der Waals surface area (Å²) in [6.07, 6.45) is 0. The molecule has 1 amide bonds. The van der Waals surface area contributed by atoms with Crippen LogP contribution in [0.2, 0.25) is 5.02 Å². The average Bonchev–Trinajstić information content (AvgIpc) is 3.43. The smallest absolute Gasteiger partial charge is 0.296 e. The van der Waals surface area contributed by atoms with Crippen molar-refractivity contribution in [2.45, 2.75) is 19.9 Å². The largest absolute Gasteiger partial charge is 0.503 e. The highest BCUT2D eigenvalue weighted by atomic mass is 35.5. The molecule has 1 unspecified atom stereocenters. The van der Waals surface area contributed by atoms with E-state index in [1.165, 1.54) is 40.5 Å². The number of carbonyl (C=O) groups is 2. The zero-order chi connectivity index (χ0) is 23.4. The minimum atomic E-state index is -1.01. The van der Waals surface area contributed by atoms with Crippen molar-refractivity contribution in [3.63, 3.8) is 0 Å². The standard InChI is InChI=1S/C24H16ClFN2O4S/c1-11-10-15(12(2)32-11)21(29)18-20(13-6-8-14(26)9-7-13)28(23(31)22(18)30)24-27-19-16(25)4-3-5-17(19)33-24/h3-10,20,30H,1-2H3. The van der Waals surface area contributed by atoms with Crippen molar-refractivity contribution in [1.82, 2.24) is 4.98 Å². The molecule has 1 aliphatic heterocycles. The number of aliphatic hydroxyl groups is 1. The molecule has 0 fully saturated rings. The van der Waals surface area contributed by atoms with E-state index < -0.39 is 29.3 Å². The number of aliphatic hydroxyl groups excluding tert-OH is 1. The molecule has 9 heteroatoms. The van der Waals surface area contributed by atoms with Crippen LogP contribution in [-0.4, -0.2) is 21.8 Å². The molecule has 4 aromatic rings. The number of halogens is 2. The van der Waals surface area contributed by atoms with Gasteiger partial charge in [0.2, 0.25) is 0 Å². The number of anilines is 1. The summed E-state index contributed by atoms with van der Waals surface area (Å²) in [6.45, 7) is 3.33. The summed E-state index contributed by atoms with van der Waals surface area (Å²) in [5.74, 6) is -1.59. The predicted octanol–water partition coefficient (Wildman–Crippen LogP) is 6.08. The van der Waals surface area contributed by atoms with E-state index in [0.29, 0.717) is 27.6 Å². The molecule has 3 heterocycles. The maximum absolute atomic E-state index is 13.7. The molecule has 0 aliphatic carbocycles. The van der Waals surface area contributed by atoms with Gasteiger partial charge in [-0.1, -0.05) is 41.1 Å². The van der Waals surface area contributed by atoms with Gasteiger partial charge in [-0.25, -0.2) is 9.37 Å². The van der Waals surface area contributed by atoms with Crippen molar-refractivity contribution in [3.05, 3.63) is 93.4 Å². The van der Waals surface area contributed by atoms with Crippen molar-refractivity contribution in [2.24, 2.45) is 0 Å². The number of rotatable bonds is 4. The van der Waals surface area contributed by atoms with Gasteiger partial charge in [0.25, 0.3) is 5.91 Å². The number of para-hydroxylation sites is 1. The van der Waals surface area contributed by atoms with E-state index in [1.54, 1.807) is 32.0 Å². The Balaban J connectivity index is 1.70. The van der Waals surface area contributed by atoms with Gasteiger partial charge in [-0.05, 0) is 49.7 Å². The number of hydrogen-bond acceptors (Lipinski definition) is 6. The van der Waals surface area contributed by atoms with Crippen LogP contribution in [0.5, 0.6) is 0 Å². The summed E-state index contributed by atoms with van der Waals surface area (Å²) in [5, 5.41) is 11.5. The Morgan fingerprint density at radius 1 is 1.21 bits per heavy atom. The number of thiazole rings is 1. The van der Waals surface area contributed by atoms with Crippen LogP contribution in [0.3, 0.4) is 0 Å². The van der Waals surface area contributed by atoms with E-state index in [-0.39, 0.29) is 16.3 Å². The highest BCUT2D eigenvalue weighted by molar-refractivity contribution is 7.22. The first-order valence-electron chi connectivity index (χ1n) is 9.95. The lowest BCUT2D eigenvalue weighted by Crippen LogP contribution is -2.31. The normalized spacial score (nSPS) is 16.3. The van der Waals surface area contributed by atoms with Gasteiger partial charge in [0.1, 0.15) is 22.9 Å². The number of ketones is 1. The molecule has 0 bridgehead atoms. The molecule has 5 rings (SSSR count). The number of hydrogen-bond donors (Lipinski definition) is 1. The molecule has 0 saturated heterocycles. The lowest BCUT2D eigenvalue weighted by atomic mass is 9.93. The highest BCUT2D eigenvalue weighted by Crippen LogP contribution is 2.45. The van der Waals surface area contributed by atoms with E-state index in [4.69, 9.17) is 16.0 Å². The number of furan rings is 1. The first-order valence-corrected chi connectivity index (χ1v) is 11.1. The Kier molecular flexibility index (Phi) is 5.07. The summed E-state index contributed by atoms with van der Waals surface area (Å²) in [6, 6.07) is 11.2. The van der Waals surface area contributed by atoms with Crippen molar-refractivity contribution in [1.29, 1.82) is 0 Å². The molecule has 6 nitrogen and oxygen atoms in total. The molecule has 166 valence electrons. The fraction of sp³-hybridized carbons (Fsp3) is 0.125. The van der Waals surface area contributed by atoms with Gasteiger partial charge >= 0.3 is 0 Å². The van der Waals surface area contributed by atoms with Crippen LogP contribution < -0.4 is 4.90 Å². The molecule has 1 atom stereocenters. The minimum Gasteiger partial charge on any atom is -0.503 e. The van der Waals surface area contributed by atoms with Crippen molar-refractivity contribution >= 4 is 50.0 Å². The third-order valence-corrected chi connectivity index (χ3v) is 6.81. The van der Waals surface area contributed by atoms with E-state index >= 15 is 0 Å². The summed E-state index contributed by atoms with van der Waals surface area (Å²) in [5.41, 5.74) is 1.06. The third kappa shape index (κ3) is 3.42. The molecule has 2 aromatic heterocycles. The van der Waals surface area contributed by atoms with Crippen LogP contribution in [0.1, 0.15) is 33.5 Å². The Hall–Kier alpha value is -3.49. The number of fused-ring (bicyclic) bond motifs is 1. The topological polar surface area (TPSA) is 83.6 Å². The summed E-state index contributed by atoms with van der Waals surface area (Å²) >= 11 is 7.47. The SMILES string of the molecule is Cc1cc(C(=O)C2=C(O)C(=O)N(c3nc4c(Cl)cccc4s3)C2c2ccc(F)cc2)c(C)o1. The summed E-state index contributed by atoms with van der Waals surface area (Å²) in [7, 11) is 0. The van der Waals surface area contributed by atoms with Gasteiger partial charge in [-0.15, -0.1) is 0 Å². The molecule has 0 radical (unpaired) electrons. The average molecular weight is 483 g/mol. The zero-order valence-corrected chi connectivity index (χ0v) is 19.0. The summed E-state index contributed by atoms with van der Waals surface area (Å²) in [4.78, 5) is 32.5. The minimum absolute atomic E-state index is 0.124. The molecule has 33 heavy (non-hydrogen) atoms. The Bertz CT molecular complexity index is 1470. The molecular weight excluding hydrogens is 467 g/mol. The highest BCUT2D eigenvalue weighted by Gasteiger charge is 2.46. The van der Waals surface area contributed by atoms with E-state index in [0.717, 1.165) is 4.70 Å². The van der Waals surface area contributed by atoms with Crippen LogP contribution in [-0.2, 0) is 4.79 Å². The first-order chi connectivity index (χ1) is 15.8. The second-order valence-electron chi connectivity index (χ2n) is 7.63. The predicted molar refractivity (Wildman–Crippen MR) is 123 cm³/mol. The Morgan fingerprint density at radius 2 is 1.94 bits per heavy atom. The maximum atomic E-state index is 13.7. The van der Waals surface area contributed by atoms with Crippen molar-refractivity contribution in [3.8, 4) is 0 Å². The quantitative estimate of drug-likeness (QED) is 0.356. The van der Waals surface area contributed by atoms with Gasteiger partial charge in [0.15, 0.2) is 16.7 Å². The first kappa shape index (κ1) is 21.4. The zero-order valence-electron chi connectivity index (χ0n) is 17.4. The maximum Gasteiger partial charge on any atom is 0.296 e. The van der Waals surface area contributed by atoms with Crippen molar-refractivity contribution in [2.75, 3.05) is 4.90 Å². The number of aromatic nitrogens is 1. The number of aryl methyl sites for hydroxylation is 2. The number of nitrogens with zero attached hydrogens (tertiary/aromatic N) is 2. The van der Waals surface area contributed by atoms with Crippen LogP contribution in [0, 0.1) is 19.7 Å². The molecule has 1 aliphatic rings. The number of Topliss-reactive ketones (excluding diaryl/α,β-unsaturated/α-hetero) is 1. The second-order valence-corrected chi connectivity index (χ2v) is 9.05. The van der Waals surface area contributed by atoms with Crippen LogP contribution >= 0.6 is 22.9 Å². The summed E-state index contributed by atoms with van der Waals surface area (Å²) < 4.78 is 19.9. The molecule has 0 saturated carbocycles. The number of carbonyl (C=O) groups excluding carboxylic acids is 2.